The highest BCUT2D eigenvalue weighted by Gasteiger charge is 2.28. The highest BCUT2D eigenvalue weighted by Crippen LogP contribution is 2.23. The number of halogens is 2. The smallest absolute Gasteiger partial charge is 0.129 e. The molecule has 0 aliphatic carbocycles. The van der Waals surface area contributed by atoms with E-state index in [0.717, 1.165) is 25.6 Å². The lowest BCUT2D eigenvalue weighted by atomic mass is 9.91. The summed E-state index contributed by atoms with van der Waals surface area (Å²) < 4.78 is 26.1. The van der Waals surface area contributed by atoms with Crippen molar-refractivity contribution in [3.63, 3.8) is 0 Å². The van der Waals surface area contributed by atoms with Gasteiger partial charge in [0.25, 0.3) is 0 Å². The van der Waals surface area contributed by atoms with Crippen LogP contribution in [0.15, 0.2) is 18.2 Å². The number of benzene rings is 1. The van der Waals surface area contributed by atoms with Crippen molar-refractivity contribution in [1.82, 2.24) is 4.90 Å². The molecule has 0 radical (unpaired) electrons. The van der Waals surface area contributed by atoms with Crippen LogP contribution in [0.4, 0.5) is 8.78 Å². The molecule has 1 saturated heterocycles. The van der Waals surface area contributed by atoms with E-state index in [2.05, 4.69) is 18.7 Å². The molecule has 1 aliphatic rings. The van der Waals surface area contributed by atoms with Crippen LogP contribution in [0.3, 0.4) is 0 Å². The molecule has 16 heavy (non-hydrogen) atoms. The van der Waals surface area contributed by atoms with Crippen molar-refractivity contribution in [2.24, 2.45) is 5.92 Å². The summed E-state index contributed by atoms with van der Waals surface area (Å²) in [6, 6.07) is 4.42. The second-order valence-electron chi connectivity index (χ2n) is 4.85. The van der Waals surface area contributed by atoms with E-state index < -0.39 is 11.6 Å². The largest absolute Gasteiger partial charge is 0.300 e. The van der Waals surface area contributed by atoms with E-state index >= 15 is 0 Å². The van der Waals surface area contributed by atoms with Gasteiger partial charge in [0.2, 0.25) is 0 Å². The Hall–Kier alpha value is -0.960. The zero-order valence-corrected chi connectivity index (χ0v) is 9.71. The van der Waals surface area contributed by atoms with E-state index in [1.165, 1.54) is 6.07 Å². The second-order valence-corrected chi connectivity index (χ2v) is 4.85. The lowest BCUT2D eigenvalue weighted by Crippen LogP contribution is -2.50. The molecule has 0 aromatic heterocycles. The molecule has 2 rings (SSSR count). The van der Waals surface area contributed by atoms with Crippen LogP contribution >= 0.6 is 0 Å². The molecule has 0 saturated carbocycles. The maximum Gasteiger partial charge on any atom is 0.129 e. The van der Waals surface area contributed by atoms with Crippen molar-refractivity contribution in [2.45, 2.75) is 26.3 Å². The van der Waals surface area contributed by atoms with E-state index in [4.69, 9.17) is 0 Å². The number of hydrogen-bond donors (Lipinski definition) is 0. The third kappa shape index (κ3) is 2.40. The topological polar surface area (TPSA) is 3.24 Å². The first-order valence-electron chi connectivity index (χ1n) is 5.74. The molecule has 1 nitrogen and oxygen atoms in total. The monoisotopic (exact) mass is 225 g/mol. The first kappa shape index (κ1) is 11.5. The molecule has 1 aromatic carbocycles. The Kier molecular flexibility index (Phi) is 3.24. The van der Waals surface area contributed by atoms with Gasteiger partial charge in [-0.25, -0.2) is 8.78 Å². The highest BCUT2D eigenvalue weighted by molar-refractivity contribution is 5.19. The predicted molar refractivity (Wildman–Crippen MR) is 60.3 cm³/mol. The number of hydrogen-bond acceptors (Lipinski definition) is 1. The van der Waals surface area contributed by atoms with Crippen molar-refractivity contribution in [3.05, 3.63) is 35.4 Å². The van der Waals surface area contributed by atoms with Crippen molar-refractivity contribution in [1.29, 1.82) is 0 Å². The van der Waals surface area contributed by atoms with Crippen LogP contribution in [0.2, 0.25) is 0 Å². The minimum atomic E-state index is -0.501. The van der Waals surface area contributed by atoms with Crippen molar-refractivity contribution < 1.29 is 8.78 Å². The molecule has 0 bridgehead atoms. The van der Waals surface area contributed by atoms with Gasteiger partial charge in [-0.1, -0.05) is 6.07 Å². The molecular formula is C13H17F2N. The Labute approximate surface area is 95.1 Å². The van der Waals surface area contributed by atoms with Gasteiger partial charge in [-0.2, -0.15) is 0 Å². The summed E-state index contributed by atoms with van der Waals surface area (Å²) in [6.07, 6.45) is 0.718. The van der Waals surface area contributed by atoms with Crippen LogP contribution in [-0.2, 0) is 6.42 Å². The molecule has 1 fully saturated rings. The van der Waals surface area contributed by atoms with E-state index in [1.54, 1.807) is 6.07 Å². The first-order valence-corrected chi connectivity index (χ1v) is 5.74. The molecule has 0 spiro atoms. The molecule has 88 valence electrons. The van der Waals surface area contributed by atoms with Crippen LogP contribution in [0.25, 0.3) is 0 Å². The normalized spacial score (nSPS) is 17.8. The molecule has 0 amide bonds. The fraction of sp³-hybridized carbons (Fsp3) is 0.538. The molecule has 0 N–H and O–H groups in total. The van der Waals surface area contributed by atoms with Crippen LogP contribution in [-0.4, -0.2) is 24.0 Å². The SMILES string of the molecule is CC(C)N1CC(Cc2ccc(F)cc2F)C1. The van der Waals surface area contributed by atoms with Crippen LogP contribution < -0.4 is 0 Å². The fourth-order valence-electron chi connectivity index (χ4n) is 2.16. The summed E-state index contributed by atoms with van der Waals surface area (Å²) in [6.45, 7) is 6.37. The van der Waals surface area contributed by atoms with Crippen LogP contribution in [0.1, 0.15) is 19.4 Å². The van der Waals surface area contributed by atoms with E-state index in [1.807, 2.05) is 0 Å². The van der Waals surface area contributed by atoms with E-state index in [9.17, 15) is 8.78 Å². The Bertz CT molecular complexity index is 370. The van der Waals surface area contributed by atoms with E-state index in [0.29, 0.717) is 17.5 Å². The number of nitrogens with zero attached hydrogens (tertiary/aromatic N) is 1. The Morgan fingerprint density at radius 1 is 1.31 bits per heavy atom. The number of likely N-dealkylation sites (tertiary alicyclic amines) is 1. The van der Waals surface area contributed by atoms with Gasteiger partial charge in [-0.05, 0) is 37.8 Å². The standard InChI is InChI=1S/C13H17F2N/c1-9(2)16-7-10(8-16)5-11-3-4-12(14)6-13(11)15/h3-4,6,9-10H,5,7-8H2,1-2H3. The van der Waals surface area contributed by atoms with Gasteiger partial charge in [0, 0.05) is 25.2 Å². The summed E-state index contributed by atoms with van der Waals surface area (Å²) in [5.74, 6) is -0.399. The summed E-state index contributed by atoms with van der Waals surface area (Å²) in [7, 11) is 0. The van der Waals surface area contributed by atoms with Gasteiger partial charge in [-0.15, -0.1) is 0 Å². The third-order valence-electron chi connectivity index (χ3n) is 3.24. The Morgan fingerprint density at radius 2 is 2.00 bits per heavy atom. The minimum Gasteiger partial charge on any atom is -0.300 e. The lowest BCUT2D eigenvalue weighted by Gasteiger charge is -2.42. The molecule has 0 unspecified atom stereocenters. The van der Waals surface area contributed by atoms with Crippen LogP contribution in [0.5, 0.6) is 0 Å². The molecule has 3 heteroatoms. The molecule has 1 heterocycles. The van der Waals surface area contributed by atoms with Gasteiger partial charge >= 0.3 is 0 Å². The lowest BCUT2D eigenvalue weighted by molar-refractivity contribution is 0.0676. The van der Waals surface area contributed by atoms with Gasteiger partial charge in [0.1, 0.15) is 11.6 Å². The summed E-state index contributed by atoms with van der Waals surface area (Å²) >= 11 is 0. The quantitative estimate of drug-likeness (QED) is 0.764. The van der Waals surface area contributed by atoms with Gasteiger partial charge in [0.15, 0.2) is 0 Å². The van der Waals surface area contributed by atoms with Crippen molar-refractivity contribution >= 4 is 0 Å². The minimum absolute atomic E-state index is 0.414. The van der Waals surface area contributed by atoms with Crippen molar-refractivity contribution in [3.8, 4) is 0 Å². The summed E-state index contributed by atoms with van der Waals surface area (Å²) in [4.78, 5) is 2.35. The average Bonchev–Trinajstić information content (AvgIpc) is 2.12. The molecule has 0 atom stereocenters. The molecular weight excluding hydrogens is 208 g/mol. The maximum atomic E-state index is 13.4. The molecule has 1 aliphatic heterocycles. The second kappa shape index (κ2) is 4.50. The fourth-order valence-corrected chi connectivity index (χ4v) is 2.16. The first-order chi connectivity index (χ1) is 7.56. The van der Waals surface area contributed by atoms with Gasteiger partial charge in [-0.3, -0.25) is 0 Å². The summed E-state index contributed by atoms with van der Waals surface area (Å²) in [5.41, 5.74) is 0.634. The van der Waals surface area contributed by atoms with Crippen LogP contribution in [0, 0.1) is 17.6 Å². The zero-order chi connectivity index (χ0) is 11.7. The molecule has 1 aromatic rings. The average molecular weight is 225 g/mol. The Morgan fingerprint density at radius 3 is 2.56 bits per heavy atom. The summed E-state index contributed by atoms with van der Waals surface area (Å²) in [5, 5.41) is 0. The van der Waals surface area contributed by atoms with E-state index in [-0.39, 0.29) is 0 Å². The maximum absolute atomic E-state index is 13.4. The number of rotatable bonds is 3. The predicted octanol–water partition coefficient (Wildman–Crippen LogP) is 2.85. The van der Waals surface area contributed by atoms with Gasteiger partial charge in [0.05, 0.1) is 0 Å². The Balaban J connectivity index is 1.91. The van der Waals surface area contributed by atoms with Gasteiger partial charge < -0.3 is 4.90 Å². The van der Waals surface area contributed by atoms with Crippen molar-refractivity contribution in [2.75, 3.05) is 13.1 Å². The highest BCUT2D eigenvalue weighted by atomic mass is 19.1. The third-order valence-corrected chi connectivity index (χ3v) is 3.24. The zero-order valence-electron chi connectivity index (χ0n) is 9.71.